The number of rotatable bonds is 5. The lowest BCUT2D eigenvalue weighted by atomic mass is 10.0. The molecular formula is C12H9F6NO3. The Morgan fingerprint density at radius 3 is 2.14 bits per heavy atom. The normalized spacial score (nSPS) is 12.8. The van der Waals surface area contributed by atoms with E-state index in [0.29, 0.717) is 6.07 Å². The summed E-state index contributed by atoms with van der Waals surface area (Å²) >= 11 is 0. The van der Waals surface area contributed by atoms with Crippen LogP contribution in [0.15, 0.2) is 12.1 Å². The number of hydrogen-bond donors (Lipinski definition) is 2. The standard InChI is InChI=1S/C12H9F6NO3/c13-7-4-9(15)8(14)2-5(7)1-6(3-10(20)21)19-11(22)12(16,17)18/h2,4,6H,1,3H2,(H,19,22)(H,20,21). The molecule has 10 heteroatoms. The van der Waals surface area contributed by atoms with Gasteiger partial charge in [0.05, 0.1) is 6.42 Å². The number of nitrogens with one attached hydrogen (secondary N) is 1. The molecule has 0 aliphatic carbocycles. The molecule has 1 unspecified atom stereocenters. The Kier molecular flexibility index (Phi) is 5.39. The van der Waals surface area contributed by atoms with E-state index in [1.54, 1.807) is 0 Å². The largest absolute Gasteiger partial charge is 0.481 e. The van der Waals surface area contributed by atoms with Gasteiger partial charge in [-0.1, -0.05) is 0 Å². The number of aliphatic carboxylic acids is 1. The van der Waals surface area contributed by atoms with Crippen molar-refractivity contribution in [2.24, 2.45) is 0 Å². The van der Waals surface area contributed by atoms with Crippen molar-refractivity contribution >= 4 is 11.9 Å². The smallest absolute Gasteiger partial charge is 0.471 e. The van der Waals surface area contributed by atoms with E-state index in [0.717, 1.165) is 0 Å². The van der Waals surface area contributed by atoms with Crippen molar-refractivity contribution in [1.82, 2.24) is 5.32 Å². The summed E-state index contributed by atoms with van der Waals surface area (Å²) in [4.78, 5) is 21.4. The second-order valence-electron chi connectivity index (χ2n) is 4.33. The van der Waals surface area contributed by atoms with Crippen LogP contribution >= 0.6 is 0 Å². The van der Waals surface area contributed by atoms with Crippen LogP contribution < -0.4 is 5.32 Å². The molecule has 0 aliphatic heterocycles. The summed E-state index contributed by atoms with van der Waals surface area (Å²) in [6.45, 7) is 0. The van der Waals surface area contributed by atoms with Crippen molar-refractivity contribution in [1.29, 1.82) is 0 Å². The highest BCUT2D eigenvalue weighted by atomic mass is 19.4. The molecule has 2 N–H and O–H groups in total. The number of benzene rings is 1. The lowest BCUT2D eigenvalue weighted by Crippen LogP contribution is -2.45. The first-order valence-electron chi connectivity index (χ1n) is 5.73. The fraction of sp³-hybridized carbons (Fsp3) is 0.333. The number of amides is 1. The fourth-order valence-electron chi connectivity index (χ4n) is 1.64. The summed E-state index contributed by atoms with van der Waals surface area (Å²) in [6, 6.07) is -1.08. The van der Waals surface area contributed by atoms with E-state index in [9.17, 15) is 35.9 Å². The van der Waals surface area contributed by atoms with Crippen LogP contribution in [0.2, 0.25) is 0 Å². The van der Waals surface area contributed by atoms with Crippen molar-refractivity contribution in [3.8, 4) is 0 Å². The minimum absolute atomic E-state index is 0.175. The van der Waals surface area contributed by atoms with Crippen LogP contribution in [0.5, 0.6) is 0 Å². The van der Waals surface area contributed by atoms with Gasteiger partial charge in [0.15, 0.2) is 11.6 Å². The van der Waals surface area contributed by atoms with Crippen LogP contribution in [0.4, 0.5) is 26.3 Å². The molecule has 0 spiro atoms. The molecule has 122 valence electrons. The van der Waals surface area contributed by atoms with E-state index in [1.807, 2.05) is 0 Å². The number of carbonyl (C=O) groups excluding carboxylic acids is 1. The van der Waals surface area contributed by atoms with Gasteiger partial charge in [0.2, 0.25) is 0 Å². The Labute approximate surface area is 119 Å². The van der Waals surface area contributed by atoms with Gasteiger partial charge in [-0.25, -0.2) is 13.2 Å². The average molecular weight is 329 g/mol. The number of carboxylic acids is 1. The molecule has 4 nitrogen and oxygen atoms in total. The Balaban J connectivity index is 2.97. The highest BCUT2D eigenvalue weighted by Gasteiger charge is 2.40. The molecule has 1 aromatic carbocycles. The van der Waals surface area contributed by atoms with Gasteiger partial charge in [0, 0.05) is 12.1 Å². The lowest BCUT2D eigenvalue weighted by molar-refractivity contribution is -0.174. The van der Waals surface area contributed by atoms with Crippen LogP contribution in [0.25, 0.3) is 0 Å². The second-order valence-corrected chi connectivity index (χ2v) is 4.33. The van der Waals surface area contributed by atoms with Gasteiger partial charge in [0.25, 0.3) is 0 Å². The van der Waals surface area contributed by atoms with Crippen LogP contribution in [0.3, 0.4) is 0 Å². The van der Waals surface area contributed by atoms with Crippen LogP contribution in [0.1, 0.15) is 12.0 Å². The van der Waals surface area contributed by atoms with Gasteiger partial charge < -0.3 is 10.4 Å². The first-order chi connectivity index (χ1) is 10.0. The van der Waals surface area contributed by atoms with Gasteiger partial charge in [0.1, 0.15) is 5.82 Å². The molecule has 1 amide bonds. The Hall–Kier alpha value is -2.26. The van der Waals surface area contributed by atoms with Gasteiger partial charge in [-0.15, -0.1) is 0 Å². The SMILES string of the molecule is O=C(O)CC(Cc1cc(F)c(F)cc1F)NC(=O)C(F)(F)F. The highest BCUT2D eigenvalue weighted by molar-refractivity contribution is 5.82. The molecule has 0 saturated carbocycles. The molecule has 22 heavy (non-hydrogen) atoms. The molecular weight excluding hydrogens is 320 g/mol. The van der Waals surface area contributed by atoms with Crippen LogP contribution in [-0.2, 0) is 16.0 Å². The first kappa shape index (κ1) is 17.8. The zero-order valence-corrected chi connectivity index (χ0v) is 10.7. The topological polar surface area (TPSA) is 66.4 Å². The molecule has 1 atom stereocenters. The predicted molar refractivity (Wildman–Crippen MR) is 60.3 cm³/mol. The summed E-state index contributed by atoms with van der Waals surface area (Å²) in [6.07, 6.45) is -6.97. The van der Waals surface area contributed by atoms with Crippen molar-refractivity contribution < 1.29 is 41.0 Å². The molecule has 1 aromatic rings. The molecule has 0 aliphatic rings. The predicted octanol–water partition coefficient (Wildman–Crippen LogP) is 2.17. The second kappa shape index (κ2) is 6.67. The van der Waals surface area contributed by atoms with Crippen LogP contribution in [-0.4, -0.2) is 29.2 Å². The summed E-state index contributed by atoms with van der Waals surface area (Å²) in [5.41, 5.74) is -0.562. The molecule has 1 rings (SSSR count). The number of halogens is 6. The zero-order chi connectivity index (χ0) is 17.1. The molecule has 0 fully saturated rings. The van der Waals surface area contributed by atoms with E-state index in [2.05, 4.69) is 0 Å². The monoisotopic (exact) mass is 329 g/mol. The molecule has 0 bridgehead atoms. The van der Waals surface area contributed by atoms with Crippen molar-refractivity contribution in [2.75, 3.05) is 0 Å². The third-order valence-corrected chi connectivity index (χ3v) is 2.57. The van der Waals surface area contributed by atoms with Gasteiger partial charge >= 0.3 is 18.1 Å². The molecule has 0 aromatic heterocycles. The Bertz CT molecular complexity index is 587. The number of carbonyl (C=O) groups is 2. The summed E-state index contributed by atoms with van der Waals surface area (Å²) in [7, 11) is 0. The molecule has 0 saturated heterocycles. The lowest BCUT2D eigenvalue weighted by Gasteiger charge is -2.18. The zero-order valence-electron chi connectivity index (χ0n) is 10.7. The van der Waals surface area contributed by atoms with Crippen molar-refractivity contribution in [3.63, 3.8) is 0 Å². The summed E-state index contributed by atoms with van der Waals surface area (Å²) in [5, 5.41) is 9.96. The Morgan fingerprint density at radius 2 is 1.64 bits per heavy atom. The van der Waals surface area contributed by atoms with Gasteiger partial charge in [-0.2, -0.15) is 13.2 Å². The maximum atomic E-state index is 13.4. The summed E-state index contributed by atoms with van der Waals surface area (Å²) < 4.78 is 75.6. The maximum absolute atomic E-state index is 13.4. The van der Waals surface area contributed by atoms with E-state index in [1.165, 1.54) is 5.32 Å². The highest BCUT2D eigenvalue weighted by Crippen LogP contribution is 2.18. The number of hydrogen-bond acceptors (Lipinski definition) is 2. The average Bonchev–Trinajstić information content (AvgIpc) is 2.33. The Morgan fingerprint density at radius 1 is 1.09 bits per heavy atom. The number of alkyl halides is 3. The van der Waals surface area contributed by atoms with Gasteiger partial charge in [-0.3, -0.25) is 9.59 Å². The van der Waals surface area contributed by atoms with E-state index < -0.39 is 60.0 Å². The van der Waals surface area contributed by atoms with E-state index in [4.69, 9.17) is 5.11 Å². The fourth-order valence-corrected chi connectivity index (χ4v) is 1.64. The van der Waals surface area contributed by atoms with Crippen molar-refractivity contribution in [2.45, 2.75) is 25.1 Å². The van der Waals surface area contributed by atoms with E-state index in [-0.39, 0.29) is 6.07 Å². The van der Waals surface area contributed by atoms with Crippen molar-refractivity contribution in [3.05, 3.63) is 35.1 Å². The quantitative estimate of drug-likeness (QED) is 0.643. The summed E-state index contributed by atoms with van der Waals surface area (Å²) in [5.74, 6) is -8.20. The third-order valence-electron chi connectivity index (χ3n) is 2.57. The van der Waals surface area contributed by atoms with Gasteiger partial charge in [-0.05, 0) is 18.1 Å². The third kappa shape index (κ3) is 4.93. The first-order valence-corrected chi connectivity index (χ1v) is 5.73. The number of carboxylic acid groups (broad SMARTS) is 1. The maximum Gasteiger partial charge on any atom is 0.471 e. The molecule has 0 radical (unpaired) electrons. The molecule has 0 heterocycles. The van der Waals surface area contributed by atoms with Crippen LogP contribution in [0, 0.1) is 17.5 Å². The minimum atomic E-state index is -5.26. The minimum Gasteiger partial charge on any atom is -0.481 e. The van der Waals surface area contributed by atoms with E-state index >= 15 is 0 Å².